The summed E-state index contributed by atoms with van der Waals surface area (Å²) >= 11 is 0. The van der Waals surface area contributed by atoms with Crippen LogP contribution >= 0.6 is 0 Å². The van der Waals surface area contributed by atoms with E-state index in [2.05, 4.69) is 33.0 Å². The van der Waals surface area contributed by atoms with Crippen molar-refractivity contribution in [2.24, 2.45) is 11.7 Å². The Labute approximate surface area is 76.9 Å². The SMILES string of the molecule is CCCC(C)C(N)CNC(C)C. The van der Waals surface area contributed by atoms with Crippen molar-refractivity contribution in [3.8, 4) is 0 Å². The van der Waals surface area contributed by atoms with Gasteiger partial charge in [0.05, 0.1) is 0 Å². The van der Waals surface area contributed by atoms with Crippen LogP contribution in [0.4, 0.5) is 0 Å². The first-order chi connectivity index (χ1) is 5.57. The maximum atomic E-state index is 5.99. The van der Waals surface area contributed by atoms with Gasteiger partial charge in [0.15, 0.2) is 0 Å². The zero-order valence-corrected chi connectivity index (χ0v) is 8.93. The minimum absolute atomic E-state index is 0.312. The smallest absolute Gasteiger partial charge is 0.0191 e. The molecule has 74 valence electrons. The lowest BCUT2D eigenvalue weighted by Gasteiger charge is -2.20. The van der Waals surface area contributed by atoms with Gasteiger partial charge in [-0.05, 0) is 12.3 Å². The standard InChI is InChI=1S/C10H24N2/c1-5-6-9(4)10(11)7-12-8(2)3/h8-10,12H,5-7,11H2,1-4H3. The fourth-order valence-corrected chi connectivity index (χ4v) is 1.24. The van der Waals surface area contributed by atoms with Gasteiger partial charge >= 0.3 is 0 Å². The highest BCUT2D eigenvalue weighted by molar-refractivity contribution is 4.72. The minimum atomic E-state index is 0.312. The lowest BCUT2D eigenvalue weighted by molar-refractivity contribution is 0.391. The molecule has 0 aliphatic rings. The maximum absolute atomic E-state index is 5.99. The number of hydrogen-bond acceptors (Lipinski definition) is 2. The van der Waals surface area contributed by atoms with E-state index in [1.165, 1.54) is 12.8 Å². The van der Waals surface area contributed by atoms with Gasteiger partial charge in [0.2, 0.25) is 0 Å². The van der Waals surface area contributed by atoms with Gasteiger partial charge in [-0.25, -0.2) is 0 Å². The van der Waals surface area contributed by atoms with E-state index in [-0.39, 0.29) is 0 Å². The molecule has 0 aromatic carbocycles. The van der Waals surface area contributed by atoms with Crippen molar-refractivity contribution in [2.75, 3.05) is 6.54 Å². The molecule has 0 saturated heterocycles. The van der Waals surface area contributed by atoms with Crippen LogP contribution in [0.25, 0.3) is 0 Å². The third-order valence-electron chi connectivity index (χ3n) is 2.24. The zero-order valence-electron chi connectivity index (χ0n) is 8.93. The maximum Gasteiger partial charge on any atom is 0.0191 e. The van der Waals surface area contributed by atoms with E-state index in [9.17, 15) is 0 Å². The third-order valence-corrected chi connectivity index (χ3v) is 2.24. The van der Waals surface area contributed by atoms with E-state index in [0.29, 0.717) is 18.0 Å². The molecule has 0 aliphatic heterocycles. The summed E-state index contributed by atoms with van der Waals surface area (Å²) in [5.41, 5.74) is 5.99. The van der Waals surface area contributed by atoms with Crippen LogP contribution in [0.1, 0.15) is 40.5 Å². The number of hydrogen-bond donors (Lipinski definition) is 2. The van der Waals surface area contributed by atoms with Gasteiger partial charge in [0.1, 0.15) is 0 Å². The molecule has 0 heterocycles. The number of nitrogens with two attached hydrogens (primary N) is 1. The second-order valence-corrected chi connectivity index (χ2v) is 3.99. The van der Waals surface area contributed by atoms with Crippen LogP contribution < -0.4 is 11.1 Å². The van der Waals surface area contributed by atoms with Gasteiger partial charge in [-0.2, -0.15) is 0 Å². The van der Waals surface area contributed by atoms with E-state index in [1.54, 1.807) is 0 Å². The van der Waals surface area contributed by atoms with Crippen molar-refractivity contribution in [1.29, 1.82) is 0 Å². The predicted octanol–water partition coefficient (Wildman–Crippen LogP) is 1.75. The molecule has 0 fully saturated rings. The number of nitrogens with one attached hydrogen (secondary N) is 1. The first-order valence-corrected chi connectivity index (χ1v) is 5.06. The summed E-state index contributed by atoms with van der Waals surface area (Å²) in [6.45, 7) is 9.68. The largest absolute Gasteiger partial charge is 0.326 e. The first kappa shape index (κ1) is 11.9. The molecule has 0 bridgehead atoms. The Balaban J connectivity index is 3.49. The average molecular weight is 172 g/mol. The highest BCUT2D eigenvalue weighted by Gasteiger charge is 2.11. The van der Waals surface area contributed by atoms with Gasteiger partial charge < -0.3 is 11.1 Å². The lowest BCUT2D eigenvalue weighted by atomic mass is 9.97. The molecule has 0 aromatic heterocycles. The Morgan fingerprint density at radius 3 is 2.25 bits per heavy atom. The van der Waals surface area contributed by atoms with Gasteiger partial charge in [-0.15, -0.1) is 0 Å². The highest BCUT2D eigenvalue weighted by atomic mass is 14.9. The van der Waals surface area contributed by atoms with Crippen LogP contribution in [0.3, 0.4) is 0 Å². The second-order valence-electron chi connectivity index (χ2n) is 3.99. The normalized spacial score (nSPS) is 16.5. The molecule has 2 nitrogen and oxygen atoms in total. The molecule has 0 radical (unpaired) electrons. The fourth-order valence-electron chi connectivity index (χ4n) is 1.24. The molecular weight excluding hydrogens is 148 g/mol. The highest BCUT2D eigenvalue weighted by Crippen LogP contribution is 2.07. The van der Waals surface area contributed by atoms with Crippen LogP contribution in [0.2, 0.25) is 0 Å². The van der Waals surface area contributed by atoms with Crippen LogP contribution in [-0.2, 0) is 0 Å². The Morgan fingerprint density at radius 2 is 1.83 bits per heavy atom. The van der Waals surface area contributed by atoms with Crippen LogP contribution in [-0.4, -0.2) is 18.6 Å². The topological polar surface area (TPSA) is 38.0 Å². The second kappa shape index (κ2) is 6.44. The van der Waals surface area contributed by atoms with Crippen LogP contribution in [0.5, 0.6) is 0 Å². The van der Waals surface area contributed by atoms with Crippen molar-refractivity contribution in [1.82, 2.24) is 5.32 Å². The summed E-state index contributed by atoms with van der Waals surface area (Å²) in [4.78, 5) is 0. The summed E-state index contributed by atoms with van der Waals surface area (Å²) in [6, 6.07) is 0.859. The third kappa shape index (κ3) is 5.56. The van der Waals surface area contributed by atoms with E-state index in [0.717, 1.165) is 6.54 Å². The van der Waals surface area contributed by atoms with Gasteiger partial charge in [0, 0.05) is 18.6 Å². The Morgan fingerprint density at radius 1 is 1.25 bits per heavy atom. The van der Waals surface area contributed by atoms with E-state index in [4.69, 9.17) is 5.73 Å². The molecule has 0 amide bonds. The minimum Gasteiger partial charge on any atom is -0.326 e. The Bertz CT molecular complexity index is 102. The Hall–Kier alpha value is -0.0800. The molecule has 3 N–H and O–H groups in total. The summed E-state index contributed by atoms with van der Waals surface area (Å²) in [7, 11) is 0. The molecule has 0 aromatic rings. The molecule has 0 aliphatic carbocycles. The quantitative estimate of drug-likeness (QED) is 0.640. The summed E-state index contributed by atoms with van der Waals surface area (Å²) in [6.07, 6.45) is 2.47. The molecule has 2 atom stereocenters. The zero-order chi connectivity index (χ0) is 9.56. The van der Waals surface area contributed by atoms with E-state index in [1.807, 2.05) is 0 Å². The van der Waals surface area contributed by atoms with E-state index >= 15 is 0 Å². The van der Waals surface area contributed by atoms with Crippen molar-refractivity contribution in [2.45, 2.75) is 52.6 Å². The molecular formula is C10H24N2. The van der Waals surface area contributed by atoms with Crippen molar-refractivity contribution in [3.05, 3.63) is 0 Å². The fraction of sp³-hybridized carbons (Fsp3) is 1.00. The average Bonchev–Trinajstić information content (AvgIpc) is 2.00. The molecule has 12 heavy (non-hydrogen) atoms. The summed E-state index contributed by atoms with van der Waals surface area (Å²) in [5.74, 6) is 0.640. The Kier molecular flexibility index (Phi) is 6.39. The van der Waals surface area contributed by atoms with Crippen molar-refractivity contribution in [3.63, 3.8) is 0 Å². The summed E-state index contributed by atoms with van der Waals surface area (Å²) < 4.78 is 0. The van der Waals surface area contributed by atoms with Gasteiger partial charge in [-0.1, -0.05) is 34.1 Å². The van der Waals surface area contributed by atoms with E-state index < -0.39 is 0 Å². The van der Waals surface area contributed by atoms with Crippen LogP contribution in [0, 0.1) is 5.92 Å². The monoisotopic (exact) mass is 172 g/mol. The molecule has 0 spiro atoms. The lowest BCUT2D eigenvalue weighted by Crippen LogP contribution is -2.41. The molecule has 2 unspecified atom stereocenters. The molecule has 0 rings (SSSR count). The van der Waals surface area contributed by atoms with Crippen LogP contribution in [0.15, 0.2) is 0 Å². The molecule has 2 heteroatoms. The predicted molar refractivity (Wildman–Crippen MR) is 55.2 cm³/mol. The summed E-state index contributed by atoms with van der Waals surface area (Å²) in [5, 5.41) is 3.36. The first-order valence-electron chi connectivity index (χ1n) is 5.06. The van der Waals surface area contributed by atoms with Gasteiger partial charge in [0.25, 0.3) is 0 Å². The van der Waals surface area contributed by atoms with Crippen molar-refractivity contribution >= 4 is 0 Å². The number of rotatable bonds is 6. The molecule has 0 saturated carbocycles. The van der Waals surface area contributed by atoms with Crippen molar-refractivity contribution < 1.29 is 0 Å². The van der Waals surface area contributed by atoms with Gasteiger partial charge in [-0.3, -0.25) is 0 Å².